The van der Waals surface area contributed by atoms with Gasteiger partial charge in [0.15, 0.2) is 0 Å². The van der Waals surface area contributed by atoms with Gasteiger partial charge in [0.25, 0.3) is 0 Å². The first kappa shape index (κ1) is 14.2. The Balaban J connectivity index is 2.64. The van der Waals surface area contributed by atoms with Gasteiger partial charge in [-0.25, -0.2) is 8.78 Å². The van der Waals surface area contributed by atoms with Crippen LogP contribution in [0.1, 0.15) is 16.7 Å². The molecule has 1 aromatic carbocycles. The van der Waals surface area contributed by atoms with Gasteiger partial charge in [0, 0.05) is 29.6 Å². The van der Waals surface area contributed by atoms with E-state index in [0.29, 0.717) is 5.56 Å². The molecule has 0 saturated carbocycles. The predicted molar refractivity (Wildman–Crippen MR) is 73.6 cm³/mol. The predicted octanol–water partition coefficient (Wildman–Crippen LogP) is 4.30. The zero-order chi connectivity index (χ0) is 14.7. The van der Waals surface area contributed by atoms with Crippen LogP contribution in [0.5, 0.6) is 0 Å². The van der Waals surface area contributed by atoms with E-state index in [4.69, 9.17) is 11.6 Å². The summed E-state index contributed by atoms with van der Waals surface area (Å²) in [4.78, 5) is 3.89. The molecule has 20 heavy (non-hydrogen) atoms. The molecule has 0 aliphatic rings. The second kappa shape index (κ2) is 5.81. The first-order chi connectivity index (χ1) is 9.54. The van der Waals surface area contributed by atoms with Crippen LogP contribution in [0.25, 0.3) is 10.6 Å². The second-order valence-electron chi connectivity index (χ2n) is 4.12. The molecule has 0 unspecified atom stereocenters. The van der Waals surface area contributed by atoms with E-state index in [-0.39, 0.29) is 21.7 Å². The Morgan fingerprint density at radius 1 is 1.30 bits per heavy atom. The number of pyridine rings is 1. The summed E-state index contributed by atoms with van der Waals surface area (Å²) in [5, 5.41) is 9.14. The van der Waals surface area contributed by atoms with Crippen molar-refractivity contribution in [2.24, 2.45) is 0 Å². The molecule has 1 heterocycles. The molecule has 2 rings (SSSR count). The van der Waals surface area contributed by atoms with Crippen molar-refractivity contribution in [3.05, 3.63) is 65.0 Å². The van der Waals surface area contributed by atoms with Gasteiger partial charge in [0.2, 0.25) is 0 Å². The number of aromatic nitrogens is 1. The van der Waals surface area contributed by atoms with Crippen molar-refractivity contribution in [3.8, 4) is 6.07 Å². The highest BCUT2D eigenvalue weighted by Crippen LogP contribution is 2.31. The number of halogens is 3. The van der Waals surface area contributed by atoms with Gasteiger partial charge in [0.1, 0.15) is 17.7 Å². The first-order valence-electron chi connectivity index (χ1n) is 5.71. The molecule has 0 bridgehead atoms. The Morgan fingerprint density at radius 3 is 2.65 bits per heavy atom. The van der Waals surface area contributed by atoms with Crippen LogP contribution in [0.3, 0.4) is 0 Å². The normalized spacial score (nSPS) is 11.8. The Kier molecular flexibility index (Phi) is 4.11. The topological polar surface area (TPSA) is 36.7 Å². The fourth-order valence-electron chi connectivity index (χ4n) is 1.71. The molecule has 0 atom stereocenters. The molecule has 0 aliphatic heterocycles. The van der Waals surface area contributed by atoms with Gasteiger partial charge in [-0.15, -0.1) is 0 Å². The minimum absolute atomic E-state index is 0.00836. The van der Waals surface area contributed by atoms with Gasteiger partial charge in [-0.2, -0.15) is 5.26 Å². The minimum atomic E-state index is -0.810. The third kappa shape index (κ3) is 2.68. The van der Waals surface area contributed by atoms with Crippen molar-refractivity contribution in [2.45, 2.75) is 6.92 Å². The number of rotatable bonds is 2. The third-order valence-corrected chi connectivity index (χ3v) is 3.16. The number of hydrogen-bond acceptors (Lipinski definition) is 2. The number of hydrogen-bond donors (Lipinski definition) is 0. The monoisotopic (exact) mass is 290 g/mol. The van der Waals surface area contributed by atoms with Gasteiger partial charge >= 0.3 is 0 Å². The average molecular weight is 291 g/mol. The lowest BCUT2D eigenvalue weighted by molar-refractivity contribution is 0.575. The summed E-state index contributed by atoms with van der Waals surface area (Å²) in [5.74, 6) is -1.47. The molecular weight excluding hydrogens is 282 g/mol. The average Bonchev–Trinajstić information content (AvgIpc) is 2.44. The van der Waals surface area contributed by atoms with Crippen molar-refractivity contribution in [1.82, 2.24) is 4.98 Å². The summed E-state index contributed by atoms with van der Waals surface area (Å²) in [6.45, 7) is 1.50. The summed E-state index contributed by atoms with van der Waals surface area (Å²) in [5.41, 5.74) is 0.806. The Morgan fingerprint density at radius 2 is 2.05 bits per heavy atom. The van der Waals surface area contributed by atoms with Gasteiger partial charge in [0.05, 0.1) is 10.6 Å². The molecule has 5 heteroatoms. The molecule has 0 N–H and O–H groups in total. The maximum atomic E-state index is 13.8. The third-order valence-electron chi connectivity index (χ3n) is 2.77. The molecule has 0 amide bonds. The van der Waals surface area contributed by atoms with E-state index in [0.717, 1.165) is 6.07 Å². The highest BCUT2D eigenvalue weighted by molar-refractivity contribution is 6.53. The molecule has 0 radical (unpaired) electrons. The quantitative estimate of drug-likeness (QED) is 0.773. The Bertz CT molecular complexity index is 719. The Labute approximate surface area is 120 Å². The van der Waals surface area contributed by atoms with Gasteiger partial charge in [-0.05, 0) is 24.6 Å². The van der Waals surface area contributed by atoms with Crippen LogP contribution in [-0.2, 0) is 0 Å². The second-order valence-corrected chi connectivity index (χ2v) is 4.50. The lowest BCUT2D eigenvalue weighted by Crippen LogP contribution is -1.94. The zero-order valence-corrected chi connectivity index (χ0v) is 11.2. The van der Waals surface area contributed by atoms with Gasteiger partial charge in [-0.1, -0.05) is 17.7 Å². The molecule has 0 saturated heterocycles. The van der Waals surface area contributed by atoms with E-state index in [1.165, 1.54) is 19.2 Å². The molecule has 100 valence electrons. The van der Waals surface area contributed by atoms with E-state index < -0.39 is 11.6 Å². The van der Waals surface area contributed by atoms with Crippen molar-refractivity contribution >= 4 is 22.2 Å². The maximum Gasteiger partial charge on any atom is 0.134 e. The van der Waals surface area contributed by atoms with Crippen LogP contribution in [0.15, 0.2) is 36.7 Å². The summed E-state index contributed by atoms with van der Waals surface area (Å²) >= 11 is 6.10. The van der Waals surface area contributed by atoms with Crippen LogP contribution in [0.4, 0.5) is 8.78 Å². The zero-order valence-electron chi connectivity index (χ0n) is 10.5. The largest absolute Gasteiger partial charge is 0.264 e. The van der Waals surface area contributed by atoms with Gasteiger partial charge < -0.3 is 0 Å². The van der Waals surface area contributed by atoms with Crippen molar-refractivity contribution in [2.75, 3.05) is 0 Å². The molecule has 2 nitrogen and oxygen atoms in total. The summed E-state index contributed by atoms with van der Waals surface area (Å²) in [6.07, 6.45) is 3.00. The number of benzene rings is 1. The van der Waals surface area contributed by atoms with Crippen LogP contribution in [0, 0.1) is 29.9 Å². The lowest BCUT2D eigenvalue weighted by atomic mass is 10.0. The minimum Gasteiger partial charge on any atom is -0.264 e. The highest BCUT2D eigenvalue weighted by atomic mass is 35.5. The summed E-state index contributed by atoms with van der Waals surface area (Å²) in [6, 6.07) is 7.24. The van der Waals surface area contributed by atoms with E-state index in [9.17, 15) is 14.0 Å². The van der Waals surface area contributed by atoms with E-state index in [1.807, 2.05) is 6.07 Å². The molecule has 0 fully saturated rings. The fourth-order valence-corrected chi connectivity index (χ4v) is 2.01. The van der Waals surface area contributed by atoms with Gasteiger partial charge in [-0.3, -0.25) is 4.98 Å². The van der Waals surface area contributed by atoms with Crippen LogP contribution in [-0.4, -0.2) is 4.98 Å². The molecular formula is C15H9ClF2N2. The number of aryl methyl sites for hydroxylation is 1. The lowest BCUT2D eigenvalue weighted by Gasteiger charge is -2.07. The van der Waals surface area contributed by atoms with E-state index in [1.54, 1.807) is 18.3 Å². The summed E-state index contributed by atoms with van der Waals surface area (Å²) < 4.78 is 27.1. The highest BCUT2D eigenvalue weighted by Gasteiger charge is 2.15. The SMILES string of the molecule is Cc1cc(/C(Cl)=C(/C#N)c2cccnc2)c(F)cc1F. The number of nitrogens with zero attached hydrogens (tertiary/aromatic N) is 2. The Hall–Kier alpha value is -2.25. The van der Waals surface area contributed by atoms with Crippen molar-refractivity contribution in [1.29, 1.82) is 5.26 Å². The molecule has 0 aliphatic carbocycles. The fraction of sp³-hybridized carbons (Fsp3) is 0.0667. The van der Waals surface area contributed by atoms with E-state index >= 15 is 0 Å². The number of nitriles is 1. The van der Waals surface area contributed by atoms with Crippen LogP contribution in [0.2, 0.25) is 0 Å². The maximum absolute atomic E-state index is 13.8. The van der Waals surface area contributed by atoms with Crippen LogP contribution < -0.4 is 0 Å². The van der Waals surface area contributed by atoms with Crippen molar-refractivity contribution < 1.29 is 8.78 Å². The standard InChI is InChI=1S/C15H9ClF2N2/c1-9-5-11(14(18)6-13(9)17)15(16)12(7-19)10-3-2-4-20-8-10/h2-6,8H,1H3/b15-12+. The molecule has 2 aromatic rings. The smallest absolute Gasteiger partial charge is 0.134 e. The summed E-state index contributed by atoms with van der Waals surface area (Å²) in [7, 11) is 0. The molecule has 0 spiro atoms. The van der Waals surface area contributed by atoms with Crippen molar-refractivity contribution in [3.63, 3.8) is 0 Å². The number of allylic oxidation sites excluding steroid dienone is 1. The first-order valence-corrected chi connectivity index (χ1v) is 6.08. The molecule has 1 aromatic heterocycles. The van der Waals surface area contributed by atoms with Crippen LogP contribution >= 0.6 is 11.6 Å². The van der Waals surface area contributed by atoms with E-state index in [2.05, 4.69) is 4.98 Å².